The van der Waals surface area contributed by atoms with E-state index < -0.39 is 0 Å². The maximum atomic E-state index is 4.25. The summed E-state index contributed by atoms with van der Waals surface area (Å²) in [5.41, 5.74) is 2.73. The van der Waals surface area contributed by atoms with E-state index in [9.17, 15) is 0 Å². The molecule has 20 heavy (non-hydrogen) atoms. The molecule has 1 nitrogen and oxygen atoms in total. The summed E-state index contributed by atoms with van der Waals surface area (Å²) in [6.07, 6.45) is 9.48. The lowest BCUT2D eigenvalue weighted by molar-refractivity contribution is 0.586. The zero-order valence-electron chi connectivity index (χ0n) is 13.3. The Labute approximate surface area is 131 Å². The molecule has 1 rings (SSSR count). The van der Waals surface area contributed by atoms with E-state index in [1.54, 1.807) is 0 Å². The van der Waals surface area contributed by atoms with Gasteiger partial charge < -0.3 is 4.90 Å². The maximum absolute atomic E-state index is 4.25. The van der Waals surface area contributed by atoms with E-state index in [-0.39, 0.29) is 0 Å². The second kappa shape index (κ2) is 11.1. The van der Waals surface area contributed by atoms with Crippen LogP contribution in [0.1, 0.15) is 57.4 Å². The van der Waals surface area contributed by atoms with Gasteiger partial charge in [-0.1, -0.05) is 44.2 Å². The minimum Gasteiger partial charge on any atom is -0.372 e. The third-order valence-corrected chi connectivity index (χ3v) is 4.15. The quantitative estimate of drug-likeness (QED) is 0.417. The van der Waals surface area contributed by atoms with Crippen LogP contribution in [0.4, 0.5) is 5.69 Å². The lowest BCUT2D eigenvalue weighted by Gasteiger charge is -2.23. The molecule has 1 aromatic rings. The van der Waals surface area contributed by atoms with E-state index in [4.69, 9.17) is 0 Å². The van der Waals surface area contributed by atoms with Crippen LogP contribution in [0, 0.1) is 6.92 Å². The second-order valence-electron chi connectivity index (χ2n) is 5.62. The molecule has 1 aromatic carbocycles. The van der Waals surface area contributed by atoms with Crippen molar-refractivity contribution in [2.75, 3.05) is 23.7 Å². The topological polar surface area (TPSA) is 3.24 Å². The molecule has 0 unspecified atom stereocenters. The monoisotopic (exact) mass is 293 g/mol. The number of aryl methyl sites for hydroxylation is 1. The molecule has 0 aliphatic rings. The number of hydrogen-bond donors (Lipinski definition) is 1. The Kier molecular flexibility index (Phi) is 9.65. The zero-order chi connectivity index (χ0) is 14.6. The van der Waals surface area contributed by atoms with Crippen molar-refractivity contribution in [1.82, 2.24) is 0 Å². The summed E-state index contributed by atoms with van der Waals surface area (Å²) in [4.78, 5) is 2.49. The molecule has 0 saturated carbocycles. The molecule has 0 bridgehead atoms. The molecule has 0 atom stereocenters. The van der Waals surface area contributed by atoms with Gasteiger partial charge in [-0.05, 0) is 50.1 Å². The molecule has 0 aliphatic carbocycles. The molecule has 2 heteroatoms. The molecule has 0 spiro atoms. The highest BCUT2D eigenvalue weighted by Gasteiger charge is 2.03. The van der Waals surface area contributed by atoms with Crippen LogP contribution in [-0.4, -0.2) is 18.8 Å². The number of unbranched alkanes of at least 4 members (excludes halogenated alkanes) is 6. The molecule has 114 valence electrons. The fourth-order valence-electron chi connectivity index (χ4n) is 2.59. The smallest absolute Gasteiger partial charge is 0.0368 e. The summed E-state index contributed by atoms with van der Waals surface area (Å²) < 4.78 is 0. The van der Waals surface area contributed by atoms with E-state index in [1.165, 1.54) is 62.7 Å². The largest absolute Gasteiger partial charge is 0.372 e. The number of benzene rings is 1. The first-order valence-corrected chi connectivity index (χ1v) is 8.83. The SMILES string of the molecule is CCN(CCCCCCCCCS)c1cccc(C)c1. The predicted molar refractivity (Wildman–Crippen MR) is 95.2 cm³/mol. The lowest BCUT2D eigenvalue weighted by Crippen LogP contribution is -2.23. The molecule has 0 heterocycles. The van der Waals surface area contributed by atoms with Crippen molar-refractivity contribution >= 4 is 18.3 Å². The second-order valence-corrected chi connectivity index (χ2v) is 6.06. The third kappa shape index (κ3) is 7.23. The van der Waals surface area contributed by atoms with Gasteiger partial charge in [0.2, 0.25) is 0 Å². The first-order valence-electron chi connectivity index (χ1n) is 8.20. The average Bonchev–Trinajstić information content (AvgIpc) is 2.46. The first kappa shape index (κ1) is 17.4. The van der Waals surface area contributed by atoms with Gasteiger partial charge in [0.05, 0.1) is 0 Å². The van der Waals surface area contributed by atoms with Crippen molar-refractivity contribution in [2.24, 2.45) is 0 Å². The predicted octanol–water partition coefficient (Wildman–Crippen LogP) is 5.48. The van der Waals surface area contributed by atoms with Gasteiger partial charge in [0.25, 0.3) is 0 Å². The van der Waals surface area contributed by atoms with Crippen molar-refractivity contribution in [2.45, 2.75) is 58.8 Å². The summed E-state index contributed by atoms with van der Waals surface area (Å²) in [5, 5.41) is 0. The van der Waals surface area contributed by atoms with Crippen LogP contribution in [0.2, 0.25) is 0 Å². The Balaban J connectivity index is 2.16. The van der Waals surface area contributed by atoms with E-state index in [2.05, 4.69) is 55.6 Å². The molecule has 0 amide bonds. The van der Waals surface area contributed by atoms with E-state index >= 15 is 0 Å². The summed E-state index contributed by atoms with van der Waals surface area (Å²) in [5.74, 6) is 1.04. The summed E-state index contributed by atoms with van der Waals surface area (Å²) in [7, 11) is 0. The molecule has 0 radical (unpaired) electrons. The molecular weight excluding hydrogens is 262 g/mol. The Bertz CT molecular complexity index is 351. The highest BCUT2D eigenvalue weighted by molar-refractivity contribution is 7.80. The standard InChI is InChI=1S/C18H31NS/c1-3-19(18-13-11-12-17(2)16-18)14-9-7-5-4-6-8-10-15-20/h11-13,16,20H,3-10,14-15H2,1-2H3. The first-order chi connectivity index (χ1) is 9.77. The van der Waals surface area contributed by atoms with E-state index in [0.29, 0.717) is 0 Å². The van der Waals surface area contributed by atoms with Gasteiger partial charge in [0, 0.05) is 18.8 Å². The van der Waals surface area contributed by atoms with Crippen LogP contribution in [0.15, 0.2) is 24.3 Å². The van der Waals surface area contributed by atoms with Crippen LogP contribution in [0.3, 0.4) is 0 Å². The van der Waals surface area contributed by atoms with Crippen molar-refractivity contribution in [3.8, 4) is 0 Å². The zero-order valence-corrected chi connectivity index (χ0v) is 14.2. The van der Waals surface area contributed by atoms with Gasteiger partial charge in [0.15, 0.2) is 0 Å². The van der Waals surface area contributed by atoms with Gasteiger partial charge in [0.1, 0.15) is 0 Å². The van der Waals surface area contributed by atoms with Crippen LogP contribution in [0.5, 0.6) is 0 Å². The molecule has 0 aromatic heterocycles. The Morgan fingerprint density at radius 1 is 0.950 bits per heavy atom. The highest BCUT2D eigenvalue weighted by Crippen LogP contribution is 2.17. The number of anilines is 1. The van der Waals surface area contributed by atoms with Crippen molar-refractivity contribution in [1.29, 1.82) is 0 Å². The summed E-state index contributed by atoms with van der Waals surface area (Å²) in [6.45, 7) is 6.71. The van der Waals surface area contributed by atoms with Crippen molar-refractivity contribution < 1.29 is 0 Å². The number of rotatable bonds is 11. The summed E-state index contributed by atoms with van der Waals surface area (Å²) in [6, 6.07) is 8.85. The van der Waals surface area contributed by atoms with Crippen LogP contribution in [0.25, 0.3) is 0 Å². The normalized spacial score (nSPS) is 10.8. The number of thiol groups is 1. The molecule has 0 N–H and O–H groups in total. The Hall–Kier alpha value is -0.630. The van der Waals surface area contributed by atoms with Crippen LogP contribution >= 0.6 is 12.6 Å². The number of hydrogen-bond acceptors (Lipinski definition) is 2. The van der Waals surface area contributed by atoms with Crippen molar-refractivity contribution in [3.63, 3.8) is 0 Å². The van der Waals surface area contributed by atoms with Gasteiger partial charge in [-0.25, -0.2) is 0 Å². The molecule has 0 fully saturated rings. The van der Waals surface area contributed by atoms with Gasteiger partial charge in [-0.15, -0.1) is 0 Å². The highest BCUT2D eigenvalue weighted by atomic mass is 32.1. The minimum atomic E-state index is 1.04. The Morgan fingerprint density at radius 3 is 2.20 bits per heavy atom. The van der Waals surface area contributed by atoms with E-state index in [0.717, 1.165) is 12.3 Å². The van der Waals surface area contributed by atoms with Gasteiger partial charge >= 0.3 is 0 Å². The third-order valence-electron chi connectivity index (χ3n) is 3.83. The number of nitrogens with zero attached hydrogens (tertiary/aromatic N) is 1. The fraction of sp³-hybridized carbons (Fsp3) is 0.667. The average molecular weight is 294 g/mol. The molecular formula is C18H31NS. The Morgan fingerprint density at radius 2 is 1.60 bits per heavy atom. The van der Waals surface area contributed by atoms with Crippen molar-refractivity contribution in [3.05, 3.63) is 29.8 Å². The molecule has 0 saturated heterocycles. The van der Waals surface area contributed by atoms with Crippen LogP contribution < -0.4 is 4.90 Å². The van der Waals surface area contributed by atoms with Gasteiger partial charge in [-0.3, -0.25) is 0 Å². The lowest BCUT2D eigenvalue weighted by atomic mass is 10.1. The minimum absolute atomic E-state index is 1.04. The summed E-state index contributed by atoms with van der Waals surface area (Å²) >= 11 is 4.25. The maximum Gasteiger partial charge on any atom is 0.0368 e. The van der Waals surface area contributed by atoms with Gasteiger partial charge in [-0.2, -0.15) is 12.6 Å². The molecule has 0 aliphatic heterocycles. The fourth-order valence-corrected chi connectivity index (χ4v) is 2.82. The van der Waals surface area contributed by atoms with E-state index in [1.807, 2.05) is 0 Å². The van der Waals surface area contributed by atoms with Crippen LogP contribution in [-0.2, 0) is 0 Å².